The molecule has 0 heterocycles. The van der Waals surface area contributed by atoms with Gasteiger partial charge in [-0.2, -0.15) is 0 Å². The van der Waals surface area contributed by atoms with Crippen molar-refractivity contribution in [3.8, 4) is 0 Å². The van der Waals surface area contributed by atoms with Crippen LogP contribution in [0.15, 0.2) is 11.5 Å². The maximum absolute atomic E-state index is 3.36. The molecule has 0 aromatic heterocycles. The number of nitrogens with one attached hydrogen (secondary N) is 2. The van der Waals surface area contributed by atoms with Gasteiger partial charge in [0.1, 0.15) is 0 Å². The summed E-state index contributed by atoms with van der Waals surface area (Å²) in [4.78, 5) is 0. The second kappa shape index (κ2) is 5.24. The third-order valence-electron chi connectivity index (χ3n) is 1.15. The third-order valence-corrected chi connectivity index (χ3v) is 1.73. The first-order chi connectivity index (χ1) is 5.02. The van der Waals surface area contributed by atoms with Crippen molar-refractivity contribution in [2.75, 3.05) is 0 Å². The largest absolute Gasteiger partial charge is 0.389 e. The number of rotatable bonds is 4. The smallest absolute Gasteiger partial charge is 0.0607 e. The molecule has 0 atom stereocenters. The second-order valence-corrected chi connectivity index (χ2v) is 4.53. The molecule has 0 unspecified atom stereocenters. The minimum atomic E-state index is 0.535. The van der Waals surface area contributed by atoms with Gasteiger partial charge in [-0.1, -0.05) is 0 Å². The Hall–Kier alpha value is -0.443. The molecule has 66 valence electrons. The van der Waals surface area contributed by atoms with E-state index < -0.39 is 0 Å². The molecule has 0 aromatic carbocycles. The van der Waals surface area contributed by atoms with Crippen LogP contribution in [0.5, 0.6) is 0 Å². The third kappa shape index (κ3) is 7.45. The first-order valence-corrected chi connectivity index (χ1v) is 5.21. The van der Waals surface area contributed by atoms with E-state index in [1.165, 1.54) is 5.32 Å². The molecule has 11 heavy (non-hydrogen) atoms. The predicted octanol–water partition coefficient (Wildman–Crippen LogP) is 0.147. The zero-order chi connectivity index (χ0) is 8.85. The highest BCUT2D eigenvalue weighted by atomic mass is 28.1. The van der Waals surface area contributed by atoms with Crippen LogP contribution in [0.1, 0.15) is 27.7 Å². The van der Waals surface area contributed by atoms with E-state index in [0.29, 0.717) is 12.1 Å². The summed E-state index contributed by atoms with van der Waals surface area (Å²) in [5.74, 6) is 0. The molecular weight excluding hydrogens is 152 g/mol. The van der Waals surface area contributed by atoms with Crippen LogP contribution in [0.4, 0.5) is 0 Å². The molecule has 0 bridgehead atoms. The van der Waals surface area contributed by atoms with Crippen molar-refractivity contribution in [1.29, 1.82) is 0 Å². The molecule has 0 radical (unpaired) electrons. The summed E-state index contributed by atoms with van der Waals surface area (Å²) in [5.41, 5.74) is 0. The Bertz CT molecular complexity index is 130. The normalized spacial score (nSPS) is 12.7. The van der Waals surface area contributed by atoms with Gasteiger partial charge in [-0.05, 0) is 33.0 Å². The van der Waals surface area contributed by atoms with Crippen LogP contribution < -0.4 is 10.6 Å². The van der Waals surface area contributed by atoms with Crippen LogP contribution in [0, 0.1) is 0 Å². The molecule has 0 aliphatic rings. The number of hydrogen-bond donors (Lipinski definition) is 2. The molecule has 2 N–H and O–H groups in total. The average molecular weight is 172 g/mol. The summed E-state index contributed by atoms with van der Waals surface area (Å²) in [5, 5.41) is 7.95. The first-order valence-electron chi connectivity index (χ1n) is 4.21. The van der Waals surface area contributed by atoms with Gasteiger partial charge in [0.25, 0.3) is 0 Å². The minimum absolute atomic E-state index is 0.535. The molecular formula is C8H20N2Si. The summed E-state index contributed by atoms with van der Waals surface area (Å²) in [6, 6.07) is 1.08. The fraction of sp³-hybridized carbons (Fsp3) is 0.750. The van der Waals surface area contributed by atoms with Crippen molar-refractivity contribution in [3.63, 3.8) is 0 Å². The van der Waals surface area contributed by atoms with E-state index in [9.17, 15) is 0 Å². The second-order valence-electron chi connectivity index (χ2n) is 3.45. The highest BCUT2D eigenvalue weighted by Crippen LogP contribution is 1.85. The lowest BCUT2D eigenvalue weighted by Crippen LogP contribution is -2.25. The van der Waals surface area contributed by atoms with Crippen molar-refractivity contribution >= 4 is 10.2 Å². The summed E-state index contributed by atoms with van der Waals surface area (Å²) >= 11 is 0. The zero-order valence-electron chi connectivity index (χ0n) is 8.23. The SMILES string of the molecule is CC(C)NC=C([SiH3])NC(C)C. The molecule has 2 nitrogen and oxygen atoms in total. The summed E-state index contributed by atoms with van der Waals surface area (Å²) < 4.78 is 0. The van der Waals surface area contributed by atoms with E-state index >= 15 is 0 Å². The van der Waals surface area contributed by atoms with E-state index in [-0.39, 0.29) is 0 Å². The molecule has 0 fully saturated rings. The molecule has 0 aliphatic carbocycles. The standard InChI is InChI=1S/C8H20N2Si/c1-6(2)9-5-8(11)10-7(3)4/h5-7,9-10H,1-4,11H3. The van der Waals surface area contributed by atoms with Crippen LogP contribution in [0.3, 0.4) is 0 Å². The van der Waals surface area contributed by atoms with Crippen LogP contribution in [0.25, 0.3) is 0 Å². The Morgan fingerprint density at radius 2 is 1.73 bits per heavy atom. The first kappa shape index (κ1) is 10.6. The van der Waals surface area contributed by atoms with Crippen LogP contribution in [-0.2, 0) is 0 Å². The van der Waals surface area contributed by atoms with E-state index in [2.05, 4.69) is 44.5 Å². The van der Waals surface area contributed by atoms with Gasteiger partial charge in [0, 0.05) is 18.3 Å². The van der Waals surface area contributed by atoms with Crippen molar-refractivity contribution in [2.45, 2.75) is 39.8 Å². The summed E-state index contributed by atoms with van der Waals surface area (Å²) in [6.07, 6.45) is 2.08. The fourth-order valence-corrected chi connectivity index (χ4v) is 1.53. The van der Waals surface area contributed by atoms with Gasteiger partial charge in [0.05, 0.1) is 10.2 Å². The minimum Gasteiger partial charge on any atom is -0.389 e. The lowest BCUT2D eigenvalue weighted by atomic mass is 10.4. The molecule has 0 aliphatic heterocycles. The Morgan fingerprint density at radius 3 is 2.09 bits per heavy atom. The van der Waals surface area contributed by atoms with Gasteiger partial charge in [-0.15, -0.1) is 0 Å². The van der Waals surface area contributed by atoms with E-state index in [0.717, 1.165) is 10.2 Å². The lowest BCUT2D eigenvalue weighted by molar-refractivity contribution is 0.664. The fourth-order valence-electron chi connectivity index (χ4n) is 0.789. The van der Waals surface area contributed by atoms with Gasteiger partial charge in [0.2, 0.25) is 0 Å². The van der Waals surface area contributed by atoms with E-state index in [4.69, 9.17) is 0 Å². The number of hydrogen-bond acceptors (Lipinski definition) is 2. The van der Waals surface area contributed by atoms with Crippen molar-refractivity contribution in [2.24, 2.45) is 0 Å². The van der Waals surface area contributed by atoms with Gasteiger partial charge in [-0.25, -0.2) is 0 Å². The van der Waals surface area contributed by atoms with Crippen molar-refractivity contribution in [3.05, 3.63) is 11.5 Å². The Labute approximate surface area is 72.9 Å². The monoisotopic (exact) mass is 172 g/mol. The van der Waals surface area contributed by atoms with Crippen LogP contribution in [-0.4, -0.2) is 22.3 Å². The Balaban J connectivity index is 3.63. The Morgan fingerprint density at radius 1 is 1.18 bits per heavy atom. The van der Waals surface area contributed by atoms with E-state index in [1.54, 1.807) is 0 Å². The highest BCUT2D eigenvalue weighted by Gasteiger charge is 1.91. The van der Waals surface area contributed by atoms with Crippen molar-refractivity contribution < 1.29 is 0 Å². The van der Waals surface area contributed by atoms with Gasteiger partial charge in [0.15, 0.2) is 0 Å². The van der Waals surface area contributed by atoms with Crippen LogP contribution in [0.2, 0.25) is 0 Å². The average Bonchev–Trinajstić information content (AvgIpc) is 1.82. The van der Waals surface area contributed by atoms with Crippen LogP contribution >= 0.6 is 0 Å². The molecule has 0 saturated carbocycles. The molecule has 0 rings (SSSR count). The van der Waals surface area contributed by atoms with Crippen molar-refractivity contribution in [1.82, 2.24) is 10.6 Å². The molecule has 0 aromatic rings. The molecule has 3 heteroatoms. The van der Waals surface area contributed by atoms with Gasteiger partial charge >= 0.3 is 0 Å². The molecule has 0 spiro atoms. The Kier molecular flexibility index (Phi) is 5.03. The maximum Gasteiger partial charge on any atom is 0.0607 e. The highest BCUT2D eigenvalue weighted by molar-refractivity contribution is 6.21. The quantitative estimate of drug-likeness (QED) is 0.590. The summed E-state index contributed by atoms with van der Waals surface area (Å²) in [7, 11) is 1.08. The van der Waals surface area contributed by atoms with Gasteiger partial charge in [-0.3, -0.25) is 0 Å². The lowest BCUT2D eigenvalue weighted by Gasteiger charge is -2.12. The van der Waals surface area contributed by atoms with E-state index in [1.807, 2.05) is 0 Å². The maximum atomic E-state index is 3.36. The zero-order valence-corrected chi connectivity index (χ0v) is 10.2. The summed E-state index contributed by atoms with van der Waals surface area (Å²) in [6.45, 7) is 8.59. The molecule has 0 amide bonds. The predicted molar refractivity (Wildman–Crippen MR) is 54.6 cm³/mol. The topological polar surface area (TPSA) is 24.1 Å². The van der Waals surface area contributed by atoms with Gasteiger partial charge < -0.3 is 10.6 Å². The molecule has 0 saturated heterocycles.